The fourth-order valence-electron chi connectivity index (χ4n) is 4.62. The van der Waals surface area contributed by atoms with Crippen molar-refractivity contribution in [1.29, 1.82) is 0 Å². The van der Waals surface area contributed by atoms with Crippen molar-refractivity contribution < 1.29 is 9.47 Å². The Morgan fingerprint density at radius 3 is 2.40 bits per heavy atom. The van der Waals surface area contributed by atoms with Crippen LogP contribution in [-0.2, 0) is 10.2 Å². The normalized spacial score (nSPS) is 20.4. The number of likely N-dealkylation sites (tertiary alicyclic amines) is 1. The molecular weight excluding hydrogens is 376 g/mol. The van der Waals surface area contributed by atoms with Crippen molar-refractivity contribution in [1.82, 2.24) is 15.5 Å². The largest absolute Gasteiger partial charge is 0.497 e. The van der Waals surface area contributed by atoms with E-state index in [2.05, 4.69) is 44.8 Å². The van der Waals surface area contributed by atoms with Gasteiger partial charge in [0.05, 0.1) is 7.11 Å². The van der Waals surface area contributed by atoms with Gasteiger partial charge in [-0.05, 0) is 69.4 Å². The highest BCUT2D eigenvalue weighted by Crippen LogP contribution is 2.35. The van der Waals surface area contributed by atoms with Crippen LogP contribution in [0.15, 0.2) is 29.3 Å². The molecule has 3 rings (SSSR count). The van der Waals surface area contributed by atoms with Crippen molar-refractivity contribution in [3.8, 4) is 5.75 Å². The summed E-state index contributed by atoms with van der Waals surface area (Å²) in [6.45, 7) is 7.12. The zero-order valence-corrected chi connectivity index (χ0v) is 18.9. The second-order valence-corrected chi connectivity index (χ2v) is 8.58. The number of hydrogen-bond donors (Lipinski definition) is 2. The van der Waals surface area contributed by atoms with E-state index in [0.29, 0.717) is 0 Å². The first-order valence-electron chi connectivity index (χ1n) is 11.6. The molecule has 0 atom stereocenters. The molecule has 0 aromatic heterocycles. The highest BCUT2D eigenvalue weighted by atomic mass is 16.5. The molecule has 2 N–H and O–H groups in total. The molecule has 168 valence electrons. The molecule has 1 aromatic carbocycles. The average molecular weight is 417 g/mol. The van der Waals surface area contributed by atoms with E-state index in [1.807, 2.05) is 7.05 Å². The zero-order valence-electron chi connectivity index (χ0n) is 18.9. The van der Waals surface area contributed by atoms with Crippen molar-refractivity contribution in [2.75, 3.05) is 60.1 Å². The first-order valence-corrected chi connectivity index (χ1v) is 11.6. The standard InChI is InChI=1S/C24H40N4O2/c1-25-23(26-14-7-17-28-15-5-3-4-6-16-28)27-20-24(12-18-30-19-13-24)21-8-10-22(29-2)11-9-21/h8-11H,3-7,12-20H2,1-2H3,(H2,25,26,27). The molecule has 6 nitrogen and oxygen atoms in total. The molecule has 0 spiro atoms. The summed E-state index contributed by atoms with van der Waals surface area (Å²) >= 11 is 0. The highest BCUT2D eigenvalue weighted by molar-refractivity contribution is 5.79. The number of ether oxygens (including phenoxy) is 2. The van der Waals surface area contributed by atoms with E-state index < -0.39 is 0 Å². The summed E-state index contributed by atoms with van der Waals surface area (Å²) in [6.07, 6.45) is 8.68. The molecule has 0 amide bonds. The molecule has 0 bridgehead atoms. The van der Waals surface area contributed by atoms with Crippen LogP contribution in [0.2, 0.25) is 0 Å². The Morgan fingerprint density at radius 2 is 1.77 bits per heavy atom. The summed E-state index contributed by atoms with van der Waals surface area (Å²) < 4.78 is 11.0. The van der Waals surface area contributed by atoms with Crippen LogP contribution in [0.4, 0.5) is 0 Å². The molecule has 2 heterocycles. The minimum Gasteiger partial charge on any atom is -0.497 e. The van der Waals surface area contributed by atoms with Gasteiger partial charge in [0.2, 0.25) is 0 Å². The summed E-state index contributed by atoms with van der Waals surface area (Å²) in [7, 11) is 3.57. The first-order chi connectivity index (χ1) is 14.8. The minimum absolute atomic E-state index is 0.0637. The highest BCUT2D eigenvalue weighted by Gasteiger charge is 2.34. The van der Waals surface area contributed by atoms with Gasteiger partial charge in [-0.2, -0.15) is 0 Å². The Balaban J connectivity index is 1.49. The van der Waals surface area contributed by atoms with Gasteiger partial charge in [-0.15, -0.1) is 0 Å². The lowest BCUT2D eigenvalue weighted by Crippen LogP contribution is -2.48. The molecule has 0 aliphatic carbocycles. The molecule has 2 aliphatic heterocycles. The minimum atomic E-state index is 0.0637. The lowest BCUT2D eigenvalue weighted by atomic mass is 9.74. The second kappa shape index (κ2) is 12.2. The lowest BCUT2D eigenvalue weighted by Gasteiger charge is -2.38. The van der Waals surface area contributed by atoms with Crippen molar-refractivity contribution in [3.05, 3.63) is 29.8 Å². The van der Waals surface area contributed by atoms with E-state index in [9.17, 15) is 0 Å². The number of methoxy groups -OCH3 is 1. The molecule has 2 fully saturated rings. The lowest BCUT2D eigenvalue weighted by molar-refractivity contribution is 0.0513. The van der Waals surface area contributed by atoms with E-state index in [-0.39, 0.29) is 5.41 Å². The van der Waals surface area contributed by atoms with Gasteiger partial charge in [-0.1, -0.05) is 25.0 Å². The molecule has 0 saturated carbocycles. The number of nitrogens with one attached hydrogen (secondary N) is 2. The maximum absolute atomic E-state index is 5.67. The predicted molar refractivity (Wildman–Crippen MR) is 124 cm³/mol. The van der Waals surface area contributed by atoms with Gasteiger partial charge in [-0.25, -0.2) is 0 Å². The monoisotopic (exact) mass is 416 g/mol. The van der Waals surface area contributed by atoms with Crippen LogP contribution < -0.4 is 15.4 Å². The van der Waals surface area contributed by atoms with Gasteiger partial charge in [0.15, 0.2) is 5.96 Å². The number of benzene rings is 1. The third kappa shape index (κ3) is 6.61. The van der Waals surface area contributed by atoms with Crippen LogP contribution >= 0.6 is 0 Å². The molecular formula is C24H40N4O2. The summed E-state index contributed by atoms with van der Waals surface area (Å²) in [5.74, 6) is 1.79. The third-order valence-electron chi connectivity index (χ3n) is 6.61. The summed E-state index contributed by atoms with van der Waals surface area (Å²) in [5, 5.41) is 7.11. The van der Waals surface area contributed by atoms with Gasteiger partial charge in [-0.3, -0.25) is 4.99 Å². The Labute approximate surface area is 182 Å². The summed E-state index contributed by atoms with van der Waals surface area (Å²) in [4.78, 5) is 7.07. The molecule has 2 saturated heterocycles. The average Bonchev–Trinajstić information content (AvgIpc) is 3.08. The van der Waals surface area contributed by atoms with Gasteiger partial charge in [0.25, 0.3) is 0 Å². The number of nitrogens with zero attached hydrogens (tertiary/aromatic N) is 2. The number of aliphatic imine (C=N–C) groups is 1. The van der Waals surface area contributed by atoms with Crippen molar-refractivity contribution >= 4 is 5.96 Å². The van der Waals surface area contributed by atoms with Crippen LogP contribution in [-0.4, -0.2) is 71.0 Å². The third-order valence-corrected chi connectivity index (χ3v) is 6.61. The van der Waals surface area contributed by atoms with E-state index in [0.717, 1.165) is 57.3 Å². The van der Waals surface area contributed by atoms with Crippen molar-refractivity contribution in [2.45, 2.75) is 50.4 Å². The predicted octanol–water partition coefficient (Wildman–Crippen LogP) is 3.17. The molecule has 0 radical (unpaired) electrons. The molecule has 6 heteroatoms. The maximum Gasteiger partial charge on any atom is 0.191 e. The van der Waals surface area contributed by atoms with Crippen molar-refractivity contribution in [2.24, 2.45) is 4.99 Å². The van der Waals surface area contributed by atoms with Gasteiger partial charge in [0.1, 0.15) is 5.75 Å². The number of rotatable bonds is 8. The Morgan fingerprint density at radius 1 is 1.07 bits per heavy atom. The Kier molecular flexibility index (Phi) is 9.27. The first kappa shape index (κ1) is 22.9. The van der Waals surface area contributed by atoms with Crippen LogP contribution in [0.5, 0.6) is 5.75 Å². The maximum atomic E-state index is 5.67. The Hall–Kier alpha value is -1.79. The molecule has 2 aliphatic rings. The smallest absolute Gasteiger partial charge is 0.191 e. The second-order valence-electron chi connectivity index (χ2n) is 8.58. The SMILES string of the molecule is CN=C(NCCCN1CCCCCC1)NCC1(c2ccc(OC)cc2)CCOCC1. The van der Waals surface area contributed by atoms with E-state index in [4.69, 9.17) is 9.47 Å². The quantitative estimate of drug-likeness (QED) is 0.387. The van der Waals surface area contributed by atoms with Gasteiger partial charge >= 0.3 is 0 Å². The molecule has 1 aromatic rings. The summed E-state index contributed by atoms with van der Waals surface area (Å²) in [6, 6.07) is 8.51. The van der Waals surface area contributed by atoms with E-state index in [1.165, 1.54) is 50.9 Å². The van der Waals surface area contributed by atoms with Gasteiger partial charge < -0.3 is 25.0 Å². The van der Waals surface area contributed by atoms with E-state index >= 15 is 0 Å². The fraction of sp³-hybridized carbons (Fsp3) is 0.708. The molecule has 30 heavy (non-hydrogen) atoms. The molecule has 0 unspecified atom stereocenters. The van der Waals surface area contributed by atoms with E-state index in [1.54, 1.807) is 7.11 Å². The summed E-state index contributed by atoms with van der Waals surface area (Å²) in [5.41, 5.74) is 1.41. The number of guanidine groups is 1. The Bertz CT molecular complexity index is 633. The van der Waals surface area contributed by atoms with Crippen LogP contribution in [0.25, 0.3) is 0 Å². The van der Waals surface area contributed by atoms with Crippen LogP contribution in [0, 0.1) is 0 Å². The van der Waals surface area contributed by atoms with Crippen molar-refractivity contribution in [3.63, 3.8) is 0 Å². The number of hydrogen-bond acceptors (Lipinski definition) is 4. The van der Waals surface area contributed by atoms with Gasteiger partial charge in [0, 0.05) is 38.8 Å². The van der Waals surface area contributed by atoms with Crippen LogP contribution in [0.3, 0.4) is 0 Å². The fourth-order valence-corrected chi connectivity index (χ4v) is 4.62. The zero-order chi connectivity index (χ0) is 21.1. The topological polar surface area (TPSA) is 58.1 Å². The van der Waals surface area contributed by atoms with Crippen LogP contribution in [0.1, 0.15) is 50.5 Å².